The van der Waals surface area contributed by atoms with E-state index in [0.29, 0.717) is 63.1 Å². The molecule has 2 aliphatic heterocycles. The molecule has 1 fully saturated rings. The molecule has 0 aliphatic carbocycles. The highest BCUT2D eigenvalue weighted by atomic mass is 16.7. The maximum atomic E-state index is 13.9. The van der Waals surface area contributed by atoms with Crippen molar-refractivity contribution in [2.75, 3.05) is 27.0 Å². The van der Waals surface area contributed by atoms with Gasteiger partial charge in [-0.2, -0.15) is 0 Å². The van der Waals surface area contributed by atoms with Crippen LogP contribution in [0.4, 0.5) is 0 Å². The second kappa shape index (κ2) is 9.90. The summed E-state index contributed by atoms with van der Waals surface area (Å²) in [6.07, 6.45) is -5.43. The first-order valence-electron chi connectivity index (χ1n) is 12.6. The van der Waals surface area contributed by atoms with Crippen LogP contribution in [-0.4, -0.2) is 87.7 Å². The molecule has 0 amide bonds. The predicted molar refractivity (Wildman–Crippen MR) is 140 cm³/mol. The third kappa shape index (κ3) is 4.16. The van der Waals surface area contributed by atoms with Gasteiger partial charge in [0.15, 0.2) is 11.5 Å². The van der Waals surface area contributed by atoms with Gasteiger partial charge < -0.3 is 49.3 Å². The van der Waals surface area contributed by atoms with Gasteiger partial charge in [0.2, 0.25) is 13.1 Å². The zero-order chi connectivity index (χ0) is 27.4. The van der Waals surface area contributed by atoms with Crippen LogP contribution in [-0.2, 0) is 11.3 Å². The average Bonchev–Trinajstić information content (AvgIpc) is 3.40. The summed E-state index contributed by atoms with van der Waals surface area (Å²) in [4.78, 5) is 18.5. The van der Waals surface area contributed by atoms with Crippen LogP contribution in [0.1, 0.15) is 5.56 Å². The first-order valence-corrected chi connectivity index (χ1v) is 12.6. The highest BCUT2D eigenvalue weighted by molar-refractivity contribution is 6.14. The summed E-state index contributed by atoms with van der Waals surface area (Å²) in [5.41, 5.74) is 1.72. The van der Waals surface area contributed by atoms with Crippen molar-refractivity contribution in [1.29, 1.82) is 0 Å². The maximum Gasteiger partial charge on any atom is 0.259 e. The SMILES string of the molecule is CNCCn1c(=O)c2cc(C)c(O[C@@H]3O[C@H](CO)[C@H](O)[C@H](O)[C@H]3O)cc2c2cnc3cc4c(cc3c21)OCO4. The molecular weight excluding hydrogens is 510 g/mol. The Morgan fingerprint density at radius 2 is 1.79 bits per heavy atom. The molecule has 2 aliphatic rings. The van der Waals surface area contributed by atoms with Crippen LogP contribution in [0, 0.1) is 6.92 Å². The van der Waals surface area contributed by atoms with Crippen molar-refractivity contribution in [1.82, 2.24) is 14.9 Å². The molecule has 12 nitrogen and oxygen atoms in total. The number of aryl methyl sites for hydroxylation is 1. The summed E-state index contributed by atoms with van der Waals surface area (Å²) >= 11 is 0. The average molecular weight is 540 g/mol. The zero-order valence-corrected chi connectivity index (χ0v) is 21.3. The molecule has 39 heavy (non-hydrogen) atoms. The van der Waals surface area contributed by atoms with E-state index in [9.17, 15) is 25.2 Å². The molecule has 0 bridgehead atoms. The van der Waals surface area contributed by atoms with E-state index < -0.39 is 37.3 Å². The van der Waals surface area contributed by atoms with E-state index in [1.165, 1.54) is 0 Å². The molecule has 0 saturated carbocycles. The fraction of sp³-hybridized carbons (Fsp3) is 0.407. The fourth-order valence-corrected chi connectivity index (χ4v) is 5.24. The molecule has 1 saturated heterocycles. The lowest BCUT2D eigenvalue weighted by Crippen LogP contribution is -2.60. The monoisotopic (exact) mass is 539 g/mol. The van der Waals surface area contributed by atoms with Gasteiger partial charge in [0.1, 0.15) is 30.2 Å². The number of aliphatic hydroxyl groups is 4. The molecular formula is C27H29N3O9. The number of ether oxygens (including phenoxy) is 4. The number of likely N-dealkylation sites (N-methyl/N-ethyl adjacent to an activating group) is 1. The van der Waals surface area contributed by atoms with Gasteiger partial charge in [-0.15, -0.1) is 0 Å². The Kier molecular flexibility index (Phi) is 6.53. The largest absolute Gasteiger partial charge is 0.462 e. The van der Waals surface area contributed by atoms with Crippen molar-refractivity contribution in [2.24, 2.45) is 0 Å². The second-order valence-corrected chi connectivity index (χ2v) is 9.78. The maximum absolute atomic E-state index is 13.9. The van der Waals surface area contributed by atoms with Crippen LogP contribution in [0.2, 0.25) is 0 Å². The van der Waals surface area contributed by atoms with Crippen LogP contribution in [0.25, 0.3) is 32.6 Å². The van der Waals surface area contributed by atoms with E-state index in [1.807, 2.05) is 13.1 Å². The Hall–Kier alpha value is -3.52. The van der Waals surface area contributed by atoms with Crippen LogP contribution < -0.4 is 25.1 Å². The number of nitrogens with zero attached hydrogens (tertiary/aromatic N) is 2. The summed E-state index contributed by atoms with van der Waals surface area (Å²) in [6.45, 7) is 2.26. The van der Waals surface area contributed by atoms with Crippen molar-refractivity contribution in [3.8, 4) is 17.2 Å². The van der Waals surface area contributed by atoms with E-state index in [1.54, 1.807) is 35.9 Å². The summed E-state index contributed by atoms with van der Waals surface area (Å²) in [5.74, 6) is 1.46. The molecule has 5 atom stereocenters. The number of fused-ring (bicyclic) bond motifs is 6. The first kappa shape index (κ1) is 25.7. The van der Waals surface area contributed by atoms with Crippen LogP contribution in [0.3, 0.4) is 0 Å². The van der Waals surface area contributed by atoms with Crippen LogP contribution >= 0.6 is 0 Å². The molecule has 4 aromatic rings. The summed E-state index contributed by atoms with van der Waals surface area (Å²) in [7, 11) is 1.82. The fourth-order valence-electron chi connectivity index (χ4n) is 5.24. The Balaban J connectivity index is 1.55. The van der Waals surface area contributed by atoms with Gasteiger partial charge in [-0.25, -0.2) is 0 Å². The number of hydrogen-bond donors (Lipinski definition) is 5. The molecule has 5 N–H and O–H groups in total. The topological polar surface area (TPSA) is 165 Å². The van der Waals surface area contributed by atoms with Gasteiger partial charge in [-0.05, 0) is 37.7 Å². The molecule has 206 valence electrons. The summed E-state index contributed by atoms with van der Waals surface area (Å²) < 4.78 is 24.3. The van der Waals surface area contributed by atoms with E-state index in [-0.39, 0.29) is 12.4 Å². The van der Waals surface area contributed by atoms with E-state index in [4.69, 9.17) is 18.9 Å². The van der Waals surface area contributed by atoms with Gasteiger partial charge in [0.05, 0.1) is 17.6 Å². The molecule has 6 rings (SSSR count). The van der Waals surface area contributed by atoms with Gasteiger partial charge in [-0.3, -0.25) is 9.78 Å². The molecule has 0 radical (unpaired) electrons. The lowest BCUT2D eigenvalue weighted by Gasteiger charge is -2.39. The highest BCUT2D eigenvalue weighted by Gasteiger charge is 2.44. The minimum absolute atomic E-state index is 0.108. The molecule has 12 heteroatoms. The lowest BCUT2D eigenvalue weighted by atomic mass is 9.99. The third-order valence-corrected chi connectivity index (χ3v) is 7.36. The van der Waals surface area contributed by atoms with E-state index >= 15 is 0 Å². The predicted octanol–water partition coefficient (Wildman–Crippen LogP) is 0.138. The Morgan fingerprint density at radius 3 is 2.54 bits per heavy atom. The Bertz CT molecular complexity index is 1640. The number of benzene rings is 2. The van der Waals surface area contributed by atoms with Gasteiger partial charge in [0, 0.05) is 46.9 Å². The van der Waals surface area contributed by atoms with Crippen LogP contribution in [0.15, 0.2) is 35.3 Å². The molecule has 2 aromatic carbocycles. The number of aromatic nitrogens is 2. The van der Waals surface area contributed by atoms with Crippen molar-refractivity contribution in [2.45, 2.75) is 44.2 Å². The van der Waals surface area contributed by atoms with Gasteiger partial charge >= 0.3 is 0 Å². The van der Waals surface area contributed by atoms with E-state index in [2.05, 4.69) is 10.3 Å². The minimum atomic E-state index is -1.58. The second-order valence-electron chi connectivity index (χ2n) is 9.78. The molecule has 2 aromatic heterocycles. The smallest absolute Gasteiger partial charge is 0.259 e. The lowest BCUT2D eigenvalue weighted by molar-refractivity contribution is -0.277. The standard InChI is InChI=1S/C27H29N3O9/c1-12-5-14-13(6-18(12)38-27-25(34)24(33)23(32)21(10-31)39-27)16-9-29-17-8-20-19(36-11-37-20)7-15(17)22(16)30(26(14)35)4-3-28-2/h5-9,21,23-25,27-28,31-34H,3-4,10-11H2,1-2H3/t21-,23+,24+,25-,27-/m1/s1. The summed E-state index contributed by atoms with van der Waals surface area (Å²) in [6, 6.07) is 7.00. The Morgan fingerprint density at radius 1 is 1.03 bits per heavy atom. The van der Waals surface area contributed by atoms with Crippen molar-refractivity contribution < 1.29 is 39.4 Å². The number of hydrogen-bond acceptors (Lipinski definition) is 11. The van der Waals surface area contributed by atoms with Crippen LogP contribution in [0.5, 0.6) is 17.2 Å². The van der Waals surface area contributed by atoms with Gasteiger partial charge in [0.25, 0.3) is 5.56 Å². The Labute approximate surface area is 221 Å². The quantitative estimate of drug-likeness (QED) is 0.212. The van der Waals surface area contributed by atoms with E-state index in [0.717, 1.165) is 5.39 Å². The van der Waals surface area contributed by atoms with Crippen molar-refractivity contribution in [3.05, 3.63) is 46.4 Å². The van der Waals surface area contributed by atoms with Crippen molar-refractivity contribution >= 4 is 32.6 Å². The molecule has 0 spiro atoms. The van der Waals surface area contributed by atoms with Gasteiger partial charge in [-0.1, -0.05) is 0 Å². The number of aliphatic hydroxyl groups excluding tert-OH is 4. The number of nitrogens with one attached hydrogen (secondary N) is 1. The minimum Gasteiger partial charge on any atom is -0.462 e. The first-order chi connectivity index (χ1) is 18.8. The number of rotatable bonds is 6. The number of pyridine rings is 2. The highest BCUT2D eigenvalue weighted by Crippen LogP contribution is 2.39. The van der Waals surface area contributed by atoms with Crippen molar-refractivity contribution in [3.63, 3.8) is 0 Å². The zero-order valence-electron chi connectivity index (χ0n) is 21.3. The third-order valence-electron chi connectivity index (χ3n) is 7.36. The molecule has 4 heterocycles. The molecule has 0 unspecified atom stereocenters. The summed E-state index contributed by atoms with van der Waals surface area (Å²) in [5, 5.41) is 45.9. The normalized spacial score (nSPS) is 24.6.